The molecule has 2 rings (SSSR count). The van der Waals surface area contributed by atoms with Crippen LogP contribution in [0.3, 0.4) is 0 Å². The fourth-order valence-electron chi connectivity index (χ4n) is 2.04. The summed E-state index contributed by atoms with van der Waals surface area (Å²) in [5, 5.41) is 14.6. The van der Waals surface area contributed by atoms with E-state index in [-0.39, 0.29) is 22.7 Å². The number of hydrazone groups is 1. The monoisotopic (exact) mass is 387 g/mol. The van der Waals surface area contributed by atoms with Gasteiger partial charge >= 0.3 is 13.2 Å². The Morgan fingerprint density at radius 2 is 1.70 bits per heavy atom. The third-order valence-corrected chi connectivity index (χ3v) is 3.21. The zero-order valence-corrected chi connectivity index (χ0v) is 13.7. The number of benzene rings is 2. The highest BCUT2D eigenvalue weighted by Gasteiger charge is 2.15. The van der Waals surface area contributed by atoms with E-state index in [9.17, 15) is 27.7 Å². The van der Waals surface area contributed by atoms with E-state index in [4.69, 9.17) is 0 Å². The van der Waals surface area contributed by atoms with Crippen LogP contribution in [-0.4, -0.2) is 23.9 Å². The maximum absolute atomic E-state index is 12.6. The molecule has 0 aromatic heterocycles. The van der Waals surface area contributed by atoms with Gasteiger partial charge in [-0.2, -0.15) is 22.7 Å². The predicted molar refractivity (Wildman–Crippen MR) is 88.6 cm³/mol. The molecule has 0 amide bonds. The fraction of sp³-hybridized carbons (Fsp3) is 0.188. The summed E-state index contributed by atoms with van der Waals surface area (Å²) in [7, 11) is 0. The molecule has 0 saturated carbocycles. The van der Waals surface area contributed by atoms with Crippen LogP contribution in [0, 0.1) is 10.1 Å². The molecule has 2 aromatic rings. The van der Waals surface area contributed by atoms with Crippen molar-refractivity contribution in [3.8, 4) is 11.5 Å². The normalized spacial score (nSPS) is 11.6. The van der Waals surface area contributed by atoms with Crippen LogP contribution in [0.1, 0.15) is 12.5 Å². The quantitative estimate of drug-likeness (QED) is 0.309. The van der Waals surface area contributed by atoms with Gasteiger partial charge in [-0.05, 0) is 31.2 Å². The first-order chi connectivity index (χ1) is 12.8. The molecule has 0 aliphatic heterocycles. The Kier molecular flexibility index (Phi) is 6.52. The summed E-state index contributed by atoms with van der Waals surface area (Å²) in [5.41, 5.74) is 3.23. The van der Waals surface area contributed by atoms with Crippen LogP contribution in [-0.2, 0) is 0 Å². The molecule has 1 N–H and O–H groups in total. The number of nitrogens with one attached hydrogen (secondary N) is 1. The van der Waals surface area contributed by atoms with Crippen LogP contribution < -0.4 is 14.9 Å². The molecule has 0 unspecified atom stereocenters. The van der Waals surface area contributed by atoms with E-state index in [2.05, 4.69) is 20.0 Å². The highest BCUT2D eigenvalue weighted by Crippen LogP contribution is 2.28. The van der Waals surface area contributed by atoms with Gasteiger partial charge in [-0.1, -0.05) is 0 Å². The highest BCUT2D eigenvalue weighted by atomic mass is 19.3. The number of ether oxygens (including phenoxy) is 2. The van der Waals surface area contributed by atoms with Crippen molar-refractivity contribution in [3.63, 3.8) is 0 Å². The Balaban J connectivity index is 2.23. The average Bonchev–Trinajstić information content (AvgIpc) is 2.59. The molecule has 0 saturated heterocycles. The van der Waals surface area contributed by atoms with Crippen molar-refractivity contribution in [3.05, 3.63) is 58.1 Å². The van der Waals surface area contributed by atoms with Crippen molar-refractivity contribution >= 4 is 17.1 Å². The van der Waals surface area contributed by atoms with Crippen LogP contribution in [0.2, 0.25) is 0 Å². The maximum atomic E-state index is 12.6. The van der Waals surface area contributed by atoms with Crippen LogP contribution in [0.25, 0.3) is 0 Å². The van der Waals surface area contributed by atoms with Crippen LogP contribution in [0.5, 0.6) is 11.5 Å². The van der Waals surface area contributed by atoms with E-state index in [1.807, 2.05) is 0 Å². The first kappa shape index (κ1) is 19.9. The van der Waals surface area contributed by atoms with Gasteiger partial charge in [0.2, 0.25) is 0 Å². The Hall–Kier alpha value is -3.37. The lowest BCUT2D eigenvalue weighted by atomic mass is 10.1. The molecule has 11 heteroatoms. The molecular formula is C16H13F4N3O4. The molecule has 7 nitrogen and oxygen atoms in total. The summed E-state index contributed by atoms with van der Waals surface area (Å²) < 4.78 is 58.2. The number of non-ortho nitro benzene ring substituents is 1. The average molecular weight is 387 g/mol. The second-order valence-corrected chi connectivity index (χ2v) is 5.03. The van der Waals surface area contributed by atoms with E-state index in [1.54, 1.807) is 0 Å². The molecule has 0 spiro atoms. The maximum Gasteiger partial charge on any atom is 0.387 e. The number of nitro groups is 1. The summed E-state index contributed by atoms with van der Waals surface area (Å²) in [4.78, 5) is 10.0. The number of rotatable bonds is 8. The van der Waals surface area contributed by atoms with E-state index in [0.717, 1.165) is 12.1 Å². The van der Waals surface area contributed by atoms with Crippen molar-refractivity contribution in [2.75, 3.05) is 5.43 Å². The first-order valence-electron chi connectivity index (χ1n) is 7.35. The lowest BCUT2D eigenvalue weighted by molar-refractivity contribution is -0.384. The van der Waals surface area contributed by atoms with Gasteiger partial charge in [0.05, 0.1) is 16.3 Å². The van der Waals surface area contributed by atoms with Crippen LogP contribution >= 0.6 is 0 Å². The lowest BCUT2D eigenvalue weighted by Crippen LogP contribution is -2.09. The molecule has 27 heavy (non-hydrogen) atoms. The first-order valence-corrected chi connectivity index (χ1v) is 7.35. The molecule has 0 aliphatic rings. The molecule has 0 heterocycles. The zero-order chi connectivity index (χ0) is 20.0. The molecule has 0 bridgehead atoms. The molecule has 0 atom stereocenters. The minimum absolute atomic E-state index is 0.108. The minimum atomic E-state index is -3.18. The summed E-state index contributed by atoms with van der Waals surface area (Å²) in [6.45, 7) is -4.82. The van der Waals surface area contributed by atoms with Crippen molar-refractivity contribution in [2.45, 2.75) is 20.1 Å². The number of halogens is 4. The molecule has 0 aliphatic carbocycles. The Morgan fingerprint density at radius 3 is 2.26 bits per heavy atom. The summed E-state index contributed by atoms with van der Waals surface area (Å²) in [5.74, 6) is -0.740. The van der Waals surface area contributed by atoms with Crippen molar-refractivity contribution in [1.29, 1.82) is 0 Å². The van der Waals surface area contributed by atoms with Gasteiger partial charge in [0.15, 0.2) is 0 Å². The van der Waals surface area contributed by atoms with E-state index >= 15 is 0 Å². The van der Waals surface area contributed by atoms with Crippen LogP contribution in [0.15, 0.2) is 47.6 Å². The number of anilines is 1. The number of hydrogen-bond acceptors (Lipinski definition) is 6. The Bertz CT molecular complexity index is 829. The molecule has 0 fully saturated rings. The van der Waals surface area contributed by atoms with Gasteiger partial charge in [-0.3, -0.25) is 15.5 Å². The predicted octanol–water partition coefficient (Wildman–Crippen LogP) is 4.63. The lowest BCUT2D eigenvalue weighted by Gasteiger charge is -2.13. The van der Waals surface area contributed by atoms with Gasteiger partial charge in [0, 0.05) is 23.8 Å². The van der Waals surface area contributed by atoms with Crippen LogP contribution in [0.4, 0.5) is 28.9 Å². The Morgan fingerprint density at radius 1 is 1.07 bits per heavy atom. The topological polar surface area (TPSA) is 86.0 Å². The third kappa shape index (κ3) is 5.83. The van der Waals surface area contributed by atoms with Crippen molar-refractivity contribution in [1.82, 2.24) is 0 Å². The van der Waals surface area contributed by atoms with E-state index < -0.39 is 23.9 Å². The zero-order valence-electron chi connectivity index (χ0n) is 13.7. The van der Waals surface area contributed by atoms with E-state index in [0.29, 0.717) is 5.69 Å². The summed E-state index contributed by atoms with van der Waals surface area (Å²) in [6, 6.07) is 8.63. The van der Waals surface area contributed by atoms with Gasteiger partial charge in [0.1, 0.15) is 11.5 Å². The van der Waals surface area contributed by atoms with Gasteiger partial charge in [-0.25, -0.2) is 0 Å². The SMILES string of the molecule is C/C(=N\Nc1ccc([N+](=O)[O-])cc1)c1ccc(OC(F)F)cc1OC(F)F. The van der Waals surface area contributed by atoms with E-state index in [1.165, 1.54) is 37.3 Å². The molecule has 144 valence electrons. The van der Waals surface area contributed by atoms with Crippen molar-refractivity contribution < 1.29 is 32.0 Å². The summed E-state index contributed by atoms with van der Waals surface area (Å²) >= 11 is 0. The largest absolute Gasteiger partial charge is 0.435 e. The standard InChI is InChI=1S/C16H13F4N3O4/c1-9(21-22-10-2-4-11(5-3-10)23(24)25)13-7-6-12(26-15(17)18)8-14(13)27-16(19)20/h2-8,15-16,22H,1H3/b21-9+. The summed E-state index contributed by atoms with van der Waals surface area (Å²) in [6.07, 6.45) is 0. The second kappa shape index (κ2) is 8.83. The fourth-order valence-corrected chi connectivity index (χ4v) is 2.04. The smallest absolute Gasteiger partial charge is 0.387 e. The highest BCUT2D eigenvalue weighted by molar-refractivity contribution is 6.01. The third-order valence-electron chi connectivity index (χ3n) is 3.21. The minimum Gasteiger partial charge on any atom is -0.435 e. The number of nitro benzene ring substituents is 1. The number of nitrogens with zero attached hydrogens (tertiary/aromatic N) is 2. The number of hydrogen-bond donors (Lipinski definition) is 1. The Labute approximate surface area is 150 Å². The molecule has 2 aromatic carbocycles. The number of alkyl halides is 4. The van der Waals surface area contributed by atoms with Gasteiger partial charge in [-0.15, -0.1) is 0 Å². The molecule has 0 radical (unpaired) electrons. The molecular weight excluding hydrogens is 374 g/mol. The van der Waals surface area contributed by atoms with Gasteiger partial charge < -0.3 is 9.47 Å². The van der Waals surface area contributed by atoms with Crippen molar-refractivity contribution in [2.24, 2.45) is 5.10 Å². The van der Waals surface area contributed by atoms with Gasteiger partial charge in [0.25, 0.3) is 5.69 Å². The second-order valence-electron chi connectivity index (χ2n) is 5.03.